The Hall–Kier alpha value is -3.28. The van der Waals surface area contributed by atoms with Crippen LogP contribution in [0.3, 0.4) is 0 Å². The maximum Gasteiger partial charge on any atom is 0.270 e. The van der Waals surface area contributed by atoms with Gasteiger partial charge in [0.2, 0.25) is 0 Å². The van der Waals surface area contributed by atoms with Gasteiger partial charge in [0.25, 0.3) is 5.91 Å². The second kappa shape index (κ2) is 8.20. The maximum absolute atomic E-state index is 13.4. The van der Waals surface area contributed by atoms with Crippen molar-refractivity contribution in [2.24, 2.45) is 0 Å². The monoisotopic (exact) mass is 350 g/mol. The van der Waals surface area contributed by atoms with Gasteiger partial charge >= 0.3 is 0 Å². The van der Waals surface area contributed by atoms with Gasteiger partial charge in [0, 0.05) is 23.9 Å². The van der Waals surface area contributed by atoms with E-state index in [0.29, 0.717) is 23.9 Å². The van der Waals surface area contributed by atoms with Crippen molar-refractivity contribution in [3.63, 3.8) is 0 Å². The number of hydrogen-bond acceptors (Lipinski definition) is 4. The van der Waals surface area contributed by atoms with Crippen molar-refractivity contribution < 1.29 is 9.18 Å². The van der Waals surface area contributed by atoms with Gasteiger partial charge in [-0.05, 0) is 24.6 Å². The molecular formula is C20H19FN4O. The predicted molar refractivity (Wildman–Crippen MR) is 99.8 cm³/mol. The van der Waals surface area contributed by atoms with Crippen molar-refractivity contribution in [3.8, 4) is 11.4 Å². The molecule has 3 aromatic rings. The van der Waals surface area contributed by atoms with Crippen LogP contribution in [0.5, 0.6) is 0 Å². The molecule has 0 atom stereocenters. The van der Waals surface area contributed by atoms with Crippen LogP contribution in [0.1, 0.15) is 23.8 Å². The van der Waals surface area contributed by atoms with Crippen molar-refractivity contribution >= 4 is 17.4 Å². The van der Waals surface area contributed by atoms with E-state index in [-0.39, 0.29) is 17.4 Å². The second-order valence-electron chi connectivity index (χ2n) is 5.72. The summed E-state index contributed by atoms with van der Waals surface area (Å²) in [6.45, 7) is 2.54. The number of anilines is 2. The van der Waals surface area contributed by atoms with Crippen molar-refractivity contribution in [1.82, 2.24) is 15.3 Å². The van der Waals surface area contributed by atoms with Crippen molar-refractivity contribution in [1.29, 1.82) is 0 Å². The molecule has 0 fully saturated rings. The molecule has 132 valence electrons. The molecule has 0 saturated heterocycles. The molecule has 1 aromatic heterocycles. The molecule has 1 amide bonds. The number of nitrogens with one attached hydrogen (secondary N) is 2. The second-order valence-corrected chi connectivity index (χ2v) is 5.72. The largest absolute Gasteiger partial charge is 0.351 e. The summed E-state index contributed by atoms with van der Waals surface area (Å²) in [5.41, 5.74) is 1.59. The fraction of sp³-hybridized carbons (Fsp3) is 0.150. The summed E-state index contributed by atoms with van der Waals surface area (Å²) < 4.78 is 13.4. The summed E-state index contributed by atoms with van der Waals surface area (Å²) in [6, 6.07) is 17.0. The third-order valence-corrected chi connectivity index (χ3v) is 3.62. The Morgan fingerprint density at radius 1 is 1.04 bits per heavy atom. The highest BCUT2D eigenvalue weighted by molar-refractivity contribution is 5.93. The van der Waals surface area contributed by atoms with E-state index in [4.69, 9.17) is 0 Å². The number of halogens is 1. The molecule has 0 aliphatic carbocycles. The number of benzene rings is 2. The zero-order chi connectivity index (χ0) is 18.4. The normalized spacial score (nSPS) is 10.4. The lowest BCUT2D eigenvalue weighted by Crippen LogP contribution is -2.25. The molecule has 26 heavy (non-hydrogen) atoms. The van der Waals surface area contributed by atoms with E-state index in [1.54, 1.807) is 18.2 Å². The Balaban J connectivity index is 1.98. The van der Waals surface area contributed by atoms with Gasteiger partial charge in [-0.15, -0.1) is 0 Å². The van der Waals surface area contributed by atoms with Crippen LogP contribution in [-0.2, 0) is 0 Å². The molecule has 0 bridgehead atoms. The van der Waals surface area contributed by atoms with Crippen LogP contribution >= 0.6 is 0 Å². The molecule has 2 N–H and O–H groups in total. The third kappa shape index (κ3) is 4.42. The third-order valence-electron chi connectivity index (χ3n) is 3.62. The minimum absolute atomic E-state index is 0.256. The van der Waals surface area contributed by atoms with Crippen LogP contribution in [-0.4, -0.2) is 22.4 Å². The van der Waals surface area contributed by atoms with Gasteiger partial charge in [0.1, 0.15) is 17.3 Å². The minimum Gasteiger partial charge on any atom is -0.351 e. The Labute approximate surface area is 151 Å². The summed E-state index contributed by atoms with van der Waals surface area (Å²) >= 11 is 0. The van der Waals surface area contributed by atoms with Gasteiger partial charge in [-0.2, -0.15) is 0 Å². The number of rotatable bonds is 6. The molecule has 0 saturated carbocycles. The van der Waals surface area contributed by atoms with Crippen molar-refractivity contribution in [3.05, 3.63) is 72.2 Å². The standard InChI is InChI=1S/C20H19FN4O/c1-2-11-22-20(26)17-13-18(23-16-10-6-9-15(21)12-16)25-19(24-17)14-7-4-3-5-8-14/h3-10,12-13H,2,11H2,1H3,(H,22,26)(H,23,24,25). The number of carbonyl (C=O) groups is 1. The number of amides is 1. The zero-order valence-electron chi connectivity index (χ0n) is 14.4. The Bertz CT molecular complexity index is 899. The molecule has 0 unspecified atom stereocenters. The molecule has 0 spiro atoms. The lowest BCUT2D eigenvalue weighted by atomic mass is 10.2. The summed E-state index contributed by atoms with van der Waals surface area (Å²) in [4.78, 5) is 21.2. The van der Waals surface area contributed by atoms with E-state index in [1.807, 2.05) is 37.3 Å². The average molecular weight is 350 g/mol. The number of aromatic nitrogens is 2. The molecule has 0 aliphatic rings. The van der Waals surface area contributed by atoms with Crippen LogP contribution in [0.25, 0.3) is 11.4 Å². The minimum atomic E-state index is -0.353. The molecule has 0 radical (unpaired) electrons. The first-order chi connectivity index (χ1) is 12.7. The first-order valence-corrected chi connectivity index (χ1v) is 8.41. The maximum atomic E-state index is 13.4. The zero-order valence-corrected chi connectivity index (χ0v) is 14.4. The lowest BCUT2D eigenvalue weighted by molar-refractivity contribution is 0.0948. The van der Waals surface area contributed by atoms with Crippen LogP contribution in [0.15, 0.2) is 60.7 Å². The van der Waals surface area contributed by atoms with Crippen LogP contribution in [0.2, 0.25) is 0 Å². The fourth-order valence-corrected chi connectivity index (χ4v) is 2.39. The highest BCUT2D eigenvalue weighted by Gasteiger charge is 2.13. The quantitative estimate of drug-likeness (QED) is 0.700. The van der Waals surface area contributed by atoms with E-state index in [9.17, 15) is 9.18 Å². The van der Waals surface area contributed by atoms with Crippen molar-refractivity contribution in [2.75, 3.05) is 11.9 Å². The topological polar surface area (TPSA) is 66.9 Å². The summed E-state index contributed by atoms with van der Waals surface area (Å²) in [6.07, 6.45) is 0.830. The van der Waals surface area contributed by atoms with E-state index in [0.717, 1.165) is 12.0 Å². The van der Waals surface area contributed by atoms with Gasteiger partial charge in [-0.3, -0.25) is 4.79 Å². The SMILES string of the molecule is CCCNC(=O)c1cc(Nc2cccc(F)c2)nc(-c2ccccc2)n1. The van der Waals surface area contributed by atoms with E-state index < -0.39 is 0 Å². The summed E-state index contributed by atoms with van der Waals surface area (Å²) in [5, 5.41) is 5.85. The summed E-state index contributed by atoms with van der Waals surface area (Å²) in [5.74, 6) is 0.224. The molecular weight excluding hydrogens is 331 g/mol. The Morgan fingerprint density at radius 2 is 1.85 bits per heavy atom. The smallest absolute Gasteiger partial charge is 0.270 e. The molecule has 6 heteroatoms. The number of nitrogens with zero attached hydrogens (tertiary/aromatic N) is 2. The van der Waals surface area contributed by atoms with Gasteiger partial charge in [-0.25, -0.2) is 14.4 Å². The fourth-order valence-electron chi connectivity index (χ4n) is 2.39. The molecule has 0 aliphatic heterocycles. The highest BCUT2D eigenvalue weighted by atomic mass is 19.1. The molecule has 5 nitrogen and oxygen atoms in total. The predicted octanol–water partition coefficient (Wildman–Crippen LogP) is 4.17. The van der Waals surface area contributed by atoms with Crippen molar-refractivity contribution in [2.45, 2.75) is 13.3 Å². The van der Waals surface area contributed by atoms with Gasteiger partial charge in [-0.1, -0.05) is 43.3 Å². The van der Waals surface area contributed by atoms with Gasteiger partial charge in [0.15, 0.2) is 5.82 Å². The van der Waals surface area contributed by atoms with Crippen LogP contribution < -0.4 is 10.6 Å². The first kappa shape index (κ1) is 17.5. The lowest BCUT2D eigenvalue weighted by Gasteiger charge is -2.10. The van der Waals surface area contributed by atoms with Crippen LogP contribution in [0.4, 0.5) is 15.9 Å². The van der Waals surface area contributed by atoms with Crippen LogP contribution in [0, 0.1) is 5.82 Å². The molecule has 3 rings (SSSR count). The van der Waals surface area contributed by atoms with E-state index in [2.05, 4.69) is 20.6 Å². The van der Waals surface area contributed by atoms with E-state index >= 15 is 0 Å². The number of carbonyl (C=O) groups excluding carboxylic acids is 1. The average Bonchev–Trinajstić information content (AvgIpc) is 2.66. The first-order valence-electron chi connectivity index (χ1n) is 8.41. The Morgan fingerprint density at radius 3 is 2.58 bits per heavy atom. The highest BCUT2D eigenvalue weighted by Crippen LogP contribution is 2.21. The Kier molecular flexibility index (Phi) is 5.53. The van der Waals surface area contributed by atoms with E-state index in [1.165, 1.54) is 12.1 Å². The molecule has 1 heterocycles. The summed E-state index contributed by atoms with van der Waals surface area (Å²) in [7, 11) is 0. The van der Waals surface area contributed by atoms with Gasteiger partial charge < -0.3 is 10.6 Å². The number of hydrogen-bond donors (Lipinski definition) is 2. The van der Waals surface area contributed by atoms with Gasteiger partial charge in [0.05, 0.1) is 0 Å². The molecule has 2 aromatic carbocycles.